The van der Waals surface area contributed by atoms with Gasteiger partial charge in [0.1, 0.15) is 11.5 Å². The molecule has 5 rings (SSSR count). The van der Waals surface area contributed by atoms with E-state index in [1.165, 1.54) is 33.3 Å². The monoisotopic (exact) mass is 432 g/mol. The van der Waals surface area contributed by atoms with Crippen LogP contribution in [0.15, 0.2) is 103 Å². The maximum atomic E-state index is 6.14. The van der Waals surface area contributed by atoms with E-state index >= 15 is 0 Å². The zero-order chi connectivity index (χ0) is 22.5. The van der Waals surface area contributed by atoms with Crippen LogP contribution in [0.25, 0.3) is 33.3 Å². The fourth-order valence-electron chi connectivity index (χ4n) is 4.42. The Morgan fingerprint density at radius 2 is 1.36 bits per heavy atom. The third kappa shape index (κ3) is 4.55. The molecule has 5 aromatic rings. The van der Waals surface area contributed by atoms with Crippen LogP contribution in [0.5, 0.6) is 11.5 Å². The molecule has 3 N–H and O–H groups in total. The van der Waals surface area contributed by atoms with Crippen molar-refractivity contribution in [2.75, 3.05) is 6.54 Å². The standard InChI is InChI=1S/C30H28N2O/c31-20-10-9-17-27-28-21-24(33-23-13-5-2-6-14-23)18-19-29(28)32-30(27)26-16-8-7-15-25(26)22-11-3-1-4-12-22/h1-8,11-16,18-19,21,32H,9-10,17,20,31H2. The largest absolute Gasteiger partial charge is 0.457 e. The minimum absolute atomic E-state index is 0.709. The Kier molecular flexibility index (Phi) is 6.23. The summed E-state index contributed by atoms with van der Waals surface area (Å²) in [7, 11) is 0. The Morgan fingerprint density at radius 1 is 0.667 bits per heavy atom. The van der Waals surface area contributed by atoms with Crippen LogP contribution < -0.4 is 10.5 Å². The number of nitrogens with one attached hydrogen (secondary N) is 1. The van der Waals surface area contributed by atoms with Crippen LogP contribution in [-0.2, 0) is 6.42 Å². The number of aromatic amines is 1. The second-order valence-corrected chi connectivity index (χ2v) is 8.26. The molecule has 0 aliphatic heterocycles. The molecule has 4 aromatic carbocycles. The van der Waals surface area contributed by atoms with Crippen LogP contribution in [-0.4, -0.2) is 11.5 Å². The SMILES string of the molecule is NCCCCc1c(-c2ccccc2-c2ccccc2)[nH]c2ccc(Oc3ccccc3)cc12. The molecular formula is C30H28N2O. The summed E-state index contributed by atoms with van der Waals surface area (Å²) >= 11 is 0. The lowest BCUT2D eigenvalue weighted by Gasteiger charge is -2.11. The van der Waals surface area contributed by atoms with Gasteiger partial charge in [0.25, 0.3) is 0 Å². The number of benzene rings is 4. The van der Waals surface area contributed by atoms with Crippen molar-refractivity contribution < 1.29 is 4.74 Å². The molecule has 33 heavy (non-hydrogen) atoms. The molecule has 3 heteroatoms. The minimum Gasteiger partial charge on any atom is -0.457 e. The quantitative estimate of drug-likeness (QED) is 0.248. The summed E-state index contributed by atoms with van der Waals surface area (Å²) in [5, 5.41) is 1.21. The molecule has 0 bridgehead atoms. The van der Waals surface area contributed by atoms with E-state index in [2.05, 4.69) is 71.7 Å². The Labute approximate surface area is 194 Å². The molecule has 0 fully saturated rings. The van der Waals surface area contributed by atoms with E-state index in [0.717, 1.165) is 36.3 Å². The van der Waals surface area contributed by atoms with Crippen LogP contribution in [0.2, 0.25) is 0 Å². The maximum absolute atomic E-state index is 6.14. The number of ether oxygens (including phenoxy) is 1. The highest BCUT2D eigenvalue weighted by molar-refractivity contribution is 5.95. The molecule has 0 spiro atoms. The number of fused-ring (bicyclic) bond motifs is 1. The summed E-state index contributed by atoms with van der Waals surface area (Å²) in [6.45, 7) is 0.709. The van der Waals surface area contributed by atoms with Gasteiger partial charge in [-0.2, -0.15) is 0 Å². The van der Waals surface area contributed by atoms with Gasteiger partial charge in [0.15, 0.2) is 0 Å². The summed E-state index contributed by atoms with van der Waals surface area (Å²) in [4.78, 5) is 3.72. The number of aromatic nitrogens is 1. The van der Waals surface area contributed by atoms with Crippen molar-refractivity contribution in [3.63, 3.8) is 0 Å². The molecule has 0 atom stereocenters. The molecule has 3 nitrogen and oxygen atoms in total. The van der Waals surface area contributed by atoms with Gasteiger partial charge in [-0.3, -0.25) is 0 Å². The van der Waals surface area contributed by atoms with Crippen LogP contribution in [0.1, 0.15) is 18.4 Å². The topological polar surface area (TPSA) is 51.0 Å². The predicted octanol–water partition coefficient (Wildman–Crippen LogP) is 7.58. The third-order valence-corrected chi connectivity index (χ3v) is 6.02. The van der Waals surface area contributed by atoms with Crippen LogP contribution in [0.3, 0.4) is 0 Å². The van der Waals surface area contributed by atoms with Gasteiger partial charge in [-0.25, -0.2) is 0 Å². The molecule has 1 heterocycles. The lowest BCUT2D eigenvalue weighted by molar-refractivity contribution is 0.483. The molecule has 0 radical (unpaired) electrons. The van der Waals surface area contributed by atoms with Crippen LogP contribution >= 0.6 is 0 Å². The van der Waals surface area contributed by atoms with Gasteiger partial charge in [-0.1, -0.05) is 72.8 Å². The Balaban J connectivity index is 1.62. The zero-order valence-corrected chi connectivity index (χ0v) is 18.6. The highest BCUT2D eigenvalue weighted by Gasteiger charge is 2.17. The Morgan fingerprint density at radius 3 is 2.12 bits per heavy atom. The highest BCUT2D eigenvalue weighted by Crippen LogP contribution is 2.38. The number of hydrogen-bond donors (Lipinski definition) is 2. The van der Waals surface area contributed by atoms with Gasteiger partial charge in [0, 0.05) is 16.5 Å². The van der Waals surface area contributed by atoms with E-state index in [1.54, 1.807) is 0 Å². The Bertz CT molecular complexity index is 1340. The van der Waals surface area contributed by atoms with Gasteiger partial charge in [-0.05, 0) is 72.8 Å². The lowest BCUT2D eigenvalue weighted by Crippen LogP contribution is -1.99. The second-order valence-electron chi connectivity index (χ2n) is 8.26. The van der Waals surface area contributed by atoms with E-state index in [0.29, 0.717) is 6.54 Å². The summed E-state index contributed by atoms with van der Waals surface area (Å²) in [6.07, 6.45) is 3.02. The first-order chi connectivity index (χ1) is 16.3. The maximum Gasteiger partial charge on any atom is 0.128 e. The van der Waals surface area contributed by atoms with Crippen molar-refractivity contribution in [3.05, 3.63) is 109 Å². The number of aryl methyl sites for hydroxylation is 1. The summed E-state index contributed by atoms with van der Waals surface area (Å²) in [6, 6.07) is 35.4. The summed E-state index contributed by atoms with van der Waals surface area (Å²) < 4.78 is 6.14. The average Bonchev–Trinajstić information content (AvgIpc) is 3.23. The first kappa shape index (κ1) is 21.0. The number of para-hydroxylation sites is 1. The van der Waals surface area contributed by atoms with Crippen molar-refractivity contribution in [2.24, 2.45) is 5.73 Å². The van der Waals surface area contributed by atoms with Gasteiger partial charge in [-0.15, -0.1) is 0 Å². The van der Waals surface area contributed by atoms with E-state index < -0.39 is 0 Å². The number of unbranched alkanes of at least 4 members (excludes halogenated alkanes) is 1. The smallest absolute Gasteiger partial charge is 0.128 e. The van der Waals surface area contributed by atoms with E-state index in [1.807, 2.05) is 36.4 Å². The van der Waals surface area contributed by atoms with Gasteiger partial charge >= 0.3 is 0 Å². The number of rotatable bonds is 8. The molecule has 0 saturated carbocycles. The molecule has 0 unspecified atom stereocenters. The van der Waals surface area contributed by atoms with Crippen molar-refractivity contribution in [1.29, 1.82) is 0 Å². The van der Waals surface area contributed by atoms with Crippen molar-refractivity contribution in [1.82, 2.24) is 4.98 Å². The number of hydrogen-bond acceptors (Lipinski definition) is 2. The van der Waals surface area contributed by atoms with Crippen LogP contribution in [0.4, 0.5) is 0 Å². The van der Waals surface area contributed by atoms with Crippen molar-refractivity contribution in [2.45, 2.75) is 19.3 Å². The van der Waals surface area contributed by atoms with E-state index in [-0.39, 0.29) is 0 Å². The predicted molar refractivity (Wildman–Crippen MR) is 138 cm³/mol. The molecule has 0 aliphatic carbocycles. The van der Waals surface area contributed by atoms with Crippen molar-refractivity contribution >= 4 is 10.9 Å². The highest BCUT2D eigenvalue weighted by atomic mass is 16.5. The fourth-order valence-corrected chi connectivity index (χ4v) is 4.42. The molecule has 0 amide bonds. The Hall–Kier alpha value is -3.82. The summed E-state index contributed by atoms with van der Waals surface area (Å²) in [5.41, 5.74) is 13.1. The molecule has 164 valence electrons. The van der Waals surface area contributed by atoms with E-state index in [4.69, 9.17) is 10.5 Å². The normalized spacial score (nSPS) is 11.1. The zero-order valence-electron chi connectivity index (χ0n) is 18.6. The van der Waals surface area contributed by atoms with Gasteiger partial charge in [0.05, 0.1) is 5.69 Å². The molecule has 0 aliphatic rings. The molecular weight excluding hydrogens is 404 g/mol. The second kappa shape index (κ2) is 9.76. The molecule has 0 saturated heterocycles. The minimum atomic E-state index is 0.709. The van der Waals surface area contributed by atoms with Crippen LogP contribution in [0, 0.1) is 0 Å². The summed E-state index contributed by atoms with van der Waals surface area (Å²) in [5.74, 6) is 1.68. The first-order valence-corrected chi connectivity index (χ1v) is 11.6. The number of nitrogens with two attached hydrogens (primary N) is 1. The van der Waals surface area contributed by atoms with Gasteiger partial charge < -0.3 is 15.5 Å². The lowest BCUT2D eigenvalue weighted by atomic mass is 9.94. The van der Waals surface area contributed by atoms with Gasteiger partial charge in [0.2, 0.25) is 0 Å². The fraction of sp³-hybridized carbons (Fsp3) is 0.133. The van der Waals surface area contributed by atoms with Crippen molar-refractivity contribution in [3.8, 4) is 33.9 Å². The van der Waals surface area contributed by atoms with E-state index in [9.17, 15) is 0 Å². The first-order valence-electron chi connectivity index (χ1n) is 11.6. The third-order valence-electron chi connectivity index (χ3n) is 6.02. The average molecular weight is 433 g/mol. The number of H-pyrrole nitrogens is 1. The molecule has 1 aromatic heterocycles.